The lowest BCUT2D eigenvalue weighted by Crippen LogP contribution is -2.24. The van der Waals surface area contributed by atoms with Crippen LogP contribution in [0.2, 0.25) is 0 Å². The van der Waals surface area contributed by atoms with E-state index in [1.54, 1.807) is 7.05 Å². The first-order valence-electron chi connectivity index (χ1n) is 8.44. The molecule has 3 rings (SSSR count). The van der Waals surface area contributed by atoms with Gasteiger partial charge in [-0.3, -0.25) is 5.10 Å². The Labute approximate surface area is 157 Å². The van der Waals surface area contributed by atoms with Crippen LogP contribution in [-0.2, 0) is 0 Å². The minimum atomic E-state index is -0.263. The second-order valence-corrected chi connectivity index (χ2v) is 6.14. The van der Waals surface area contributed by atoms with Crippen LogP contribution in [0.5, 0.6) is 0 Å². The summed E-state index contributed by atoms with van der Waals surface area (Å²) in [5, 5.41) is 18.7. The van der Waals surface area contributed by atoms with Crippen molar-refractivity contribution in [3.63, 3.8) is 0 Å². The van der Waals surface area contributed by atoms with Gasteiger partial charge in [0.2, 0.25) is 5.95 Å². The zero-order chi connectivity index (χ0) is 19.4. The van der Waals surface area contributed by atoms with Crippen LogP contribution in [-0.4, -0.2) is 33.2 Å². The molecule has 0 bridgehead atoms. The first-order valence-corrected chi connectivity index (χ1v) is 8.44. The maximum absolute atomic E-state index is 11.4. The van der Waals surface area contributed by atoms with Crippen molar-refractivity contribution in [3.8, 4) is 0 Å². The predicted molar refractivity (Wildman–Crippen MR) is 106 cm³/mol. The molecule has 2 amide bonds. The molecule has 0 aliphatic rings. The van der Waals surface area contributed by atoms with Crippen LogP contribution in [0.25, 0.3) is 0 Å². The Morgan fingerprint density at radius 3 is 2.48 bits per heavy atom. The summed E-state index contributed by atoms with van der Waals surface area (Å²) >= 11 is 0. The molecule has 0 saturated carbocycles. The van der Waals surface area contributed by atoms with Gasteiger partial charge in [-0.05, 0) is 44.5 Å². The molecule has 9 nitrogen and oxygen atoms in total. The Hall–Kier alpha value is -3.62. The third-order valence-electron chi connectivity index (χ3n) is 3.77. The summed E-state index contributed by atoms with van der Waals surface area (Å²) in [4.78, 5) is 20.3. The van der Waals surface area contributed by atoms with Crippen molar-refractivity contribution in [1.29, 1.82) is 0 Å². The Morgan fingerprint density at radius 2 is 1.81 bits per heavy atom. The molecule has 27 heavy (non-hydrogen) atoms. The van der Waals surface area contributed by atoms with E-state index in [4.69, 9.17) is 0 Å². The molecule has 1 aromatic carbocycles. The van der Waals surface area contributed by atoms with E-state index in [0.717, 1.165) is 22.6 Å². The molecular weight excluding hydrogens is 344 g/mol. The van der Waals surface area contributed by atoms with Gasteiger partial charge in [-0.1, -0.05) is 0 Å². The molecule has 0 atom stereocenters. The van der Waals surface area contributed by atoms with Gasteiger partial charge in [0, 0.05) is 41.9 Å². The number of rotatable bonds is 5. The highest BCUT2D eigenvalue weighted by molar-refractivity contribution is 5.89. The van der Waals surface area contributed by atoms with E-state index in [0.29, 0.717) is 23.3 Å². The average molecular weight is 366 g/mol. The van der Waals surface area contributed by atoms with Crippen molar-refractivity contribution in [3.05, 3.63) is 47.3 Å². The van der Waals surface area contributed by atoms with E-state index >= 15 is 0 Å². The maximum Gasteiger partial charge on any atom is 0.318 e. The van der Waals surface area contributed by atoms with Crippen molar-refractivity contribution in [2.45, 2.75) is 20.8 Å². The smallest absolute Gasteiger partial charge is 0.318 e. The number of urea groups is 1. The molecule has 0 fully saturated rings. The number of aromatic nitrogens is 4. The van der Waals surface area contributed by atoms with Gasteiger partial charge in [-0.2, -0.15) is 10.1 Å². The first kappa shape index (κ1) is 18.2. The fourth-order valence-electron chi connectivity index (χ4n) is 2.50. The van der Waals surface area contributed by atoms with Crippen LogP contribution >= 0.6 is 0 Å². The average Bonchev–Trinajstić information content (AvgIpc) is 3.01. The Kier molecular flexibility index (Phi) is 5.20. The van der Waals surface area contributed by atoms with Gasteiger partial charge in [-0.25, -0.2) is 9.78 Å². The zero-order valence-corrected chi connectivity index (χ0v) is 15.6. The maximum atomic E-state index is 11.4. The van der Waals surface area contributed by atoms with Gasteiger partial charge in [0.1, 0.15) is 5.82 Å². The molecule has 0 unspecified atom stereocenters. The molecule has 0 aliphatic heterocycles. The third kappa shape index (κ3) is 4.72. The molecule has 2 heterocycles. The minimum Gasteiger partial charge on any atom is -0.341 e. The molecule has 0 saturated heterocycles. The number of nitrogens with zero attached hydrogens (tertiary/aromatic N) is 3. The number of aromatic amines is 1. The van der Waals surface area contributed by atoms with Gasteiger partial charge < -0.3 is 21.3 Å². The lowest BCUT2D eigenvalue weighted by molar-refractivity contribution is 0.254. The predicted octanol–water partition coefficient (Wildman–Crippen LogP) is 3.36. The largest absolute Gasteiger partial charge is 0.341 e. The van der Waals surface area contributed by atoms with Crippen LogP contribution in [0, 0.1) is 20.8 Å². The van der Waals surface area contributed by atoms with Gasteiger partial charge >= 0.3 is 6.03 Å². The van der Waals surface area contributed by atoms with E-state index in [1.165, 1.54) is 0 Å². The van der Waals surface area contributed by atoms with Crippen molar-refractivity contribution < 1.29 is 4.79 Å². The van der Waals surface area contributed by atoms with Crippen molar-refractivity contribution in [1.82, 2.24) is 25.5 Å². The van der Waals surface area contributed by atoms with Crippen LogP contribution < -0.4 is 21.3 Å². The first-order chi connectivity index (χ1) is 12.9. The van der Waals surface area contributed by atoms with Crippen molar-refractivity contribution >= 4 is 35.0 Å². The number of hydrogen-bond donors (Lipinski definition) is 5. The fourth-order valence-corrected chi connectivity index (χ4v) is 2.50. The van der Waals surface area contributed by atoms with Crippen LogP contribution in [0.3, 0.4) is 0 Å². The number of amides is 2. The highest BCUT2D eigenvalue weighted by atomic mass is 16.2. The van der Waals surface area contributed by atoms with Crippen molar-refractivity contribution in [2.24, 2.45) is 0 Å². The summed E-state index contributed by atoms with van der Waals surface area (Å²) in [5.41, 5.74) is 4.29. The highest BCUT2D eigenvalue weighted by Crippen LogP contribution is 2.23. The standard InChI is InChI=1S/C18H22N8O/c1-10-7-13(21-18(27)19-4)5-6-14(10)22-17-20-11(2)8-15(24-17)23-16-9-12(3)25-26-16/h5-9H,1-4H3,(H2,19,21,27)(H3,20,22,23,24,25,26). The van der Waals surface area contributed by atoms with E-state index in [-0.39, 0.29) is 6.03 Å². The third-order valence-corrected chi connectivity index (χ3v) is 3.77. The van der Waals surface area contributed by atoms with Gasteiger partial charge in [0.15, 0.2) is 5.82 Å². The SMILES string of the molecule is CNC(=O)Nc1ccc(Nc2nc(C)cc(Nc3cc(C)[nH]n3)n2)c(C)c1. The molecule has 0 radical (unpaired) electrons. The van der Waals surface area contributed by atoms with Crippen molar-refractivity contribution in [2.75, 3.05) is 23.0 Å². The second kappa shape index (κ2) is 7.73. The highest BCUT2D eigenvalue weighted by Gasteiger charge is 2.08. The quantitative estimate of drug-likeness (QED) is 0.472. The molecule has 0 spiro atoms. The summed E-state index contributed by atoms with van der Waals surface area (Å²) in [6.07, 6.45) is 0. The van der Waals surface area contributed by atoms with Gasteiger partial charge in [0.05, 0.1) is 0 Å². The molecule has 9 heteroatoms. The molecule has 140 valence electrons. The Balaban J connectivity index is 1.78. The number of anilines is 5. The lowest BCUT2D eigenvalue weighted by atomic mass is 10.2. The lowest BCUT2D eigenvalue weighted by Gasteiger charge is -2.12. The summed E-state index contributed by atoms with van der Waals surface area (Å²) in [6.45, 7) is 5.78. The Morgan fingerprint density at radius 1 is 1.00 bits per heavy atom. The zero-order valence-electron chi connectivity index (χ0n) is 15.6. The van der Waals surface area contributed by atoms with E-state index in [9.17, 15) is 4.79 Å². The molecule has 2 aromatic heterocycles. The number of H-pyrrole nitrogens is 1. The second-order valence-electron chi connectivity index (χ2n) is 6.14. The molecule has 5 N–H and O–H groups in total. The number of aryl methyl sites for hydroxylation is 3. The van der Waals surface area contributed by atoms with E-state index < -0.39 is 0 Å². The summed E-state index contributed by atoms with van der Waals surface area (Å²) < 4.78 is 0. The fraction of sp³-hybridized carbons (Fsp3) is 0.222. The molecule has 0 aliphatic carbocycles. The van der Waals surface area contributed by atoms with E-state index in [1.807, 2.05) is 51.1 Å². The number of hydrogen-bond acceptors (Lipinski definition) is 6. The summed E-state index contributed by atoms with van der Waals surface area (Å²) in [7, 11) is 1.57. The number of nitrogens with one attached hydrogen (secondary N) is 5. The number of benzene rings is 1. The van der Waals surface area contributed by atoms with Crippen LogP contribution in [0.4, 0.5) is 33.8 Å². The van der Waals surface area contributed by atoms with Gasteiger partial charge in [0.25, 0.3) is 0 Å². The number of carbonyl (C=O) groups excluding carboxylic acids is 1. The van der Waals surface area contributed by atoms with Gasteiger partial charge in [-0.15, -0.1) is 0 Å². The molecular formula is C18H22N8O. The number of carbonyl (C=O) groups is 1. The van der Waals surface area contributed by atoms with Crippen LogP contribution in [0.15, 0.2) is 30.3 Å². The van der Waals surface area contributed by atoms with Crippen LogP contribution in [0.1, 0.15) is 17.0 Å². The summed E-state index contributed by atoms with van der Waals surface area (Å²) in [6, 6.07) is 9.04. The topological polar surface area (TPSA) is 120 Å². The minimum absolute atomic E-state index is 0.263. The normalized spacial score (nSPS) is 10.4. The monoisotopic (exact) mass is 366 g/mol. The summed E-state index contributed by atoms with van der Waals surface area (Å²) in [5.74, 6) is 1.81. The van der Waals surface area contributed by atoms with E-state index in [2.05, 4.69) is 41.4 Å². The molecule has 3 aromatic rings. The Bertz CT molecular complexity index is 966.